The van der Waals surface area contributed by atoms with Crippen molar-refractivity contribution in [1.82, 2.24) is 25.4 Å². The van der Waals surface area contributed by atoms with Crippen LogP contribution in [0.2, 0.25) is 0 Å². The molecule has 84 valence electrons. The molecule has 2 rings (SSSR count). The zero-order valence-electron chi connectivity index (χ0n) is 9.06. The molecule has 0 radical (unpaired) electrons. The van der Waals surface area contributed by atoms with Gasteiger partial charge in [0.2, 0.25) is 0 Å². The number of nitrogens with one attached hydrogen (secondary N) is 1. The minimum absolute atomic E-state index is 0.443. The molecule has 6 nitrogen and oxygen atoms in total. The van der Waals surface area contributed by atoms with Gasteiger partial charge in [0.25, 0.3) is 0 Å². The van der Waals surface area contributed by atoms with Crippen LogP contribution in [-0.4, -0.2) is 25.4 Å². The molecule has 3 N–H and O–H groups in total. The lowest BCUT2D eigenvalue weighted by molar-refractivity contribution is 0.821. The number of nitrogens with two attached hydrogens (primary N) is 1. The van der Waals surface area contributed by atoms with Crippen molar-refractivity contribution in [3.63, 3.8) is 0 Å². The monoisotopic (exact) mass is 236 g/mol. The Morgan fingerprint density at radius 3 is 2.81 bits per heavy atom. The van der Waals surface area contributed by atoms with Crippen molar-refractivity contribution < 1.29 is 0 Å². The predicted octanol–water partition coefficient (Wildman–Crippen LogP) is 0.821. The second-order valence-electron chi connectivity index (χ2n) is 3.29. The summed E-state index contributed by atoms with van der Waals surface area (Å²) in [6.45, 7) is 4.36. The molecular formula is C9H12N6S. The van der Waals surface area contributed by atoms with E-state index in [1.54, 1.807) is 0 Å². The molecule has 16 heavy (non-hydrogen) atoms. The number of aromatic amines is 1. The van der Waals surface area contributed by atoms with E-state index < -0.39 is 0 Å². The van der Waals surface area contributed by atoms with Crippen molar-refractivity contribution in [2.45, 2.75) is 30.6 Å². The molecule has 2 aromatic heterocycles. The van der Waals surface area contributed by atoms with Crippen LogP contribution in [0, 0.1) is 13.8 Å². The number of hydrogen-bond donors (Lipinski definition) is 2. The van der Waals surface area contributed by atoms with Crippen molar-refractivity contribution in [2.24, 2.45) is 5.73 Å². The van der Waals surface area contributed by atoms with Crippen LogP contribution < -0.4 is 5.73 Å². The summed E-state index contributed by atoms with van der Waals surface area (Å²) in [7, 11) is 0. The minimum atomic E-state index is 0.443. The van der Waals surface area contributed by atoms with Gasteiger partial charge in [-0.3, -0.25) is 5.10 Å². The minimum Gasteiger partial charge on any atom is -0.326 e. The molecule has 2 heterocycles. The number of aryl methyl sites for hydroxylation is 1. The summed E-state index contributed by atoms with van der Waals surface area (Å²) in [5.74, 6) is 0. The Bertz CT molecular complexity index is 481. The lowest BCUT2D eigenvalue weighted by Gasteiger charge is -2.08. The molecule has 0 atom stereocenters. The van der Waals surface area contributed by atoms with Crippen LogP contribution in [0.25, 0.3) is 0 Å². The molecule has 0 aliphatic heterocycles. The van der Waals surface area contributed by atoms with Crippen molar-refractivity contribution in [1.29, 1.82) is 0 Å². The van der Waals surface area contributed by atoms with E-state index in [0.717, 1.165) is 21.8 Å². The number of aromatic nitrogens is 5. The summed E-state index contributed by atoms with van der Waals surface area (Å²) in [5.41, 5.74) is 8.72. The van der Waals surface area contributed by atoms with Gasteiger partial charge in [0.05, 0.1) is 5.69 Å². The van der Waals surface area contributed by atoms with Gasteiger partial charge in [-0.15, -0.1) is 5.10 Å². The number of H-pyrrole nitrogens is 1. The maximum Gasteiger partial charge on any atom is 0.189 e. The Morgan fingerprint density at radius 1 is 1.38 bits per heavy atom. The van der Waals surface area contributed by atoms with Gasteiger partial charge < -0.3 is 5.73 Å². The molecule has 0 saturated heterocycles. The van der Waals surface area contributed by atoms with Gasteiger partial charge in [0.15, 0.2) is 5.16 Å². The highest BCUT2D eigenvalue weighted by Crippen LogP contribution is 2.27. The predicted molar refractivity (Wildman–Crippen MR) is 59.9 cm³/mol. The van der Waals surface area contributed by atoms with Crippen LogP contribution in [-0.2, 0) is 6.54 Å². The van der Waals surface area contributed by atoms with E-state index in [9.17, 15) is 0 Å². The normalized spacial score (nSPS) is 10.7. The standard InChI is InChI=1S/C9H12N6S/c1-5-6(2)13-14-8(7(5)3-10)16-9-11-4-12-15-9/h4H,3,10H2,1-2H3,(H,11,12,15). The van der Waals surface area contributed by atoms with Crippen molar-refractivity contribution in [3.05, 3.63) is 23.1 Å². The van der Waals surface area contributed by atoms with Crippen molar-refractivity contribution >= 4 is 11.8 Å². The molecule has 0 bridgehead atoms. The van der Waals surface area contributed by atoms with Crippen molar-refractivity contribution in [2.75, 3.05) is 0 Å². The first-order valence-electron chi connectivity index (χ1n) is 4.78. The largest absolute Gasteiger partial charge is 0.326 e. The molecule has 0 spiro atoms. The van der Waals surface area contributed by atoms with Crippen LogP contribution in [0.3, 0.4) is 0 Å². The van der Waals surface area contributed by atoms with Gasteiger partial charge in [-0.25, -0.2) is 4.98 Å². The Balaban J connectivity index is 2.37. The second kappa shape index (κ2) is 4.58. The van der Waals surface area contributed by atoms with Crippen LogP contribution in [0.5, 0.6) is 0 Å². The molecular weight excluding hydrogens is 224 g/mol. The summed E-state index contributed by atoms with van der Waals surface area (Å²) in [6, 6.07) is 0. The average molecular weight is 236 g/mol. The highest BCUT2D eigenvalue weighted by Gasteiger charge is 2.12. The first kappa shape index (κ1) is 11.0. The van der Waals surface area contributed by atoms with Crippen LogP contribution in [0.1, 0.15) is 16.8 Å². The summed E-state index contributed by atoms with van der Waals surface area (Å²) >= 11 is 1.39. The van der Waals surface area contributed by atoms with Gasteiger partial charge in [-0.1, -0.05) is 0 Å². The van der Waals surface area contributed by atoms with Gasteiger partial charge in [-0.2, -0.15) is 10.2 Å². The number of nitrogens with zero attached hydrogens (tertiary/aromatic N) is 4. The summed E-state index contributed by atoms with van der Waals surface area (Å²) in [5, 5.41) is 16.2. The van der Waals surface area contributed by atoms with Crippen LogP contribution in [0.4, 0.5) is 0 Å². The Labute approximate surface area is 97.1 Å². The third-order valence-electron chi connectivity index (χ3n) is 2.33. The second-order valence-corrected chi connectivity index (χ2v) is 4.27. The maximum atomic E-state index is 5.72. The lowest BCUT2D eigenvalue weighted by Crippen LogP contribution is -2.06. The molecule has 0 saturated carbocycles. The number of hydrogen-bond acceptors (Lipinski definition) is 6. The molecule has 0 unspecified atom stereocenters. The maximum absolute atomic E-state index is 5.72. The molecule has 0 aliphatic rings. The van der Waals surface area contributed by atoms with Crippen LogP contribution in [0.15, 0.2) is 16.5 Å². The van der Waals surface area contributed by atoms with Gasteiger partial charge in [-0.05, 0) is 31.2 Å². The van der Waals surface area contributed by atoms with E-state index in [0.29, 0.717) is 11.7 Å². The Hall–Kier alpha value is -1.47. The number of rotatable bonds is 3. The van der Waals surface area contributed by atoms with Gasteiger partial charge in [0.1, 0.15) is 11.4 Å². The fourth-order valence-electron chi connectivity index (χ4n) is 1.29. The van der Waals surface area contributed by atoms with Gasteiger partial charge >= 0.3 is 0 Å². The summed E-state index contributed by atoms with van der Waals surface area (Å²) in [4.78, 5) is 4.03. The van der Waals surface area contributed by atoms with E-state index in [-0.39, 0.29) is 0 Å². The highest BCUT2D eigenvalue weighted by atomic mass is 32.2. The summed E-state index contributed by atoms with van der Waals surface area (Å²) in [6.07, 6.45) is 1.46. The molecule has 0 fully saturated rings. The first-order chi connectivity index (χ1) is 7.72. The first-order valence-corrected chi connectivity index (χ1v) is 5.60. The third-order valence-corrected chi connectivity index (χ3v) is 3.25. The van der Waals surface area contributed by atoms with Crippen LogP contribution >= 0.6 is 11.8 Å². The Kier molecular flexibility index (Phi) is 3.16. The average Bonchev–Trinajstić information content (AvgIpc) is 2.77. The molecule has 0 aliphatic carbocycles. The molecule has 2 aromatic rings. The van der Waals surface area contributed by atoms with E-state index in [1.165, 1.54) is 18.1 Å². The van der Waals surface area contributed by atoms with E-state index in [2.05, 4.69) is 25.4 Å². The van der Waals surface area contributed by atoms with Crippen molar-refractivity contribution in [3.8, 4) is 0 Å². The quantitative estimate of drug-likeness (QED) is 0.819. The molecule has 0 aromatic carbocycles. The van der Waals surface area contributed by atoms with E-state index >= 15 is 0 Å². The smallest absolute Gasteiger partial charge is 0.189 e. The van der Waals surface area contributed by atoms with E-state index in [4.69, 9.17) is 5.73 Å². The topological polar surface area (TPSA) is 93.4 Å². The van der Waals surface area contributed by atoms with Gasteiger partial charge in [0, 0.05) is 12.1 Å². The van der Waals surface area contributed by atoms with E-state index in [1.807, 2.05) is 13.8 Å². The molecule has 7 heteroatoms. The lowest BCUT2D eigenvalue weighted by atomic mass is 10.1. The molecule has 0 amide bonds. The Morgan fingerprint density at radius 2 is 2.19 bits per heavy atom. The zero-order chi connectivity index (χ0) is 11.5. The fraction of sp³-hybridized carbons (Fsp3) is 0.333. The highest BCUT2D eigenvalue weighted by molar-refractivity contribution is 7.99. The fourth-order valence-corrected chi connectivity index (χ4v) is 2.11. The summed E-state index contributed by atoms with van der Waals surface area (Å²) < 4.78 is 0. The third kappa shape index (κ3) is 2.05. The SMILES string of the molecule is Cc1nnc(Sc2ncn[nH]2)c(CN)c1C. The zero-order valence-corrected chi connectivity index (χ0v) is 9.88.